The van der Waals surface area contributed by atoms with Gasteiger partial charge in [0.25, 0.3) is 0 Å². The largest absolute Gasteiger partial charge is 0.328 e. The van der Waals surface area contributed by atoms with Crippen LogP contribution in [0, 0.1) is 24.0 Å². The molecule has 0 aromatic carbocycles. The zero-order chi connectivity index (χ0) is 12.6. The third-order valence-electron chi connectivity index (χ3n) is 3.56. The van der Waals surface area contributed by atoms with Crippen molar-refractivity contribution in [3.05, 3.63) is 21.5 Å². The maximum Gasteiger partial charge on any atom is 0.312 e. The standard InChI is InChI=1S/C11H18N4O2/c1-7-11(15(16)17)8(2)14(13-7)10-5-3-9(12)4-6-10/h9-10H,3-6,12H2,1-2H3. The van der Waals surface area contributed by atoms with E-state index in [0.29, 0.717) is 11.4 Å². The molecule has 0 atom stereocenters. The number of hydrogen-bond acceptors (Lipinski definition) is 4. The second-order valence-corrected chi connectivity index (χ2v) is 4.79. The highest BCUT2D eigenvalue weighted by Crippen LogP contribution is 2.32. The van der Waals surface area contributed by atoms with Gasteiger partial charge in [-0.05, 0) is 39.5 Å². The first-order chi connectivity index (χ1) is 8.00. The number of rotatable bonds is 2. The quantitative estimate of drug-likeness (QED) is 0.629. The van der Waals surface area contributed by atoms with E-state index in [0.717, 1.165) is 25.7 Å². The van der Waals surface area contributed by atoms with Gasteiger partial charge in [-0.3, -0.25) is 14.8 Å². The topological polar surface area (TPSA) is 87.0 Å². The monoisotopic (exact) mass is 238 g/mol. The van der Waals surface area contributed by atoms with Gasteiger partial charge in [0.1, 0.15) is 11.4 Å². The van der Waals surface area contributed by atoms with Gasteiger partial charge in [0.15, 0.2) is 0 Å². The van der Waals surface area contributed by atoms with Crippen LogP contribution in [0.3, 0.4) is 0 Å². The molecular formula is C11H18N4O2. The Morgan fingerprint density at radius 1 is 1.35 bits per heavy atom. The highest BCUT2D eigenvalue weighted by molar-refractivity contribution is 5.39. The molecule has 1 heterocycles. The van der Waals surface area contributed by atoms with E-state index in [1.807, 2.05) is 4.68 Å². The van der Waals surface area contributed by atoms with Crippen LogP contribution in [0.1, 0.15) is 43.1 Å². The summed E-state index contributed by atoms with van der Waals surface area (Å²) in [5.74, 6) is 0. The Morgan fingerprint density at radius 2 is 1.94 bits per heavy atom. The summed E-state index contributed by atoms with van der Waals surface area (Å²) < 4.78 is 1.82. The molecule has 1 fully saturated rings. The Labute approximate surface area is 99.9 Å². The first kappa shape index (κ1) is 12.0. The van der Waals surface area contributed by atoms with Crippen LogP contribution < -0.4 is 5.73 Å². The van der Waals surface area contributed by atoms with Crippen LogP contribution in [-0.4, -0.2) is 20.7 Å². The zero-order valence-corrected chi connectivity index (χ0v) is 10.2. The zero-order valence-electron chi connectivity index (χ0n) is 10.2. The fourth-order valence-electron chi connectivity index (χ4n) is 2.62. The molecule has 94 valence electrons. The van der Waals surface area contributed by atoms with Crippen LogP contribution in [0.15, 0.2) is 0 Å². The van der Waals surface area contributed by atoms with Crippen molar-refractivity contribution in [1.29, 1.82) is 0 Å². The van der Waals surface area contributed by atoms with Crippen LogP contribution in [0.4, 0.5) is 5.69 Å². The van der Waals surface area contributed by atoms with Crippen LogP contribution in [0.25, 0.3) is 0 Å². The van der Waals surface area contributed by atoms with E-state index in [1.165, 1.54) is 0 Å². The van der Waals surface area contributed by atoms with Crippen molar-refractivity contribution >= 4 is 5.69 Å². The minimum atomic E-state index is -0.345. The molecule has 1 saturated carbocycles. The van der Waals surface area contributed by atoms with Crippen LogP contribution >= 0.6 is 0 Å². The molecule has 6 nitrogen and oxygen atoms in total. The first-order valence-corrected chi connectivity index (χ1v) is 5.96. The molecule has 0 aliphatic heterocycles. The van der Waals surface area contributed by atoms with Crippen molar-refractivity contribution in [2.45, 2.75) is 51.6 Å². The maximum absolute atomic E-state index is 10.9. The molecule has 0 bridgehead atoms. The van der Waals surface area contributed by atoms with Gasteiger partial charge < -0.3 is 5.73 Å². The van der Waals surface area contributed by atoms with Gasteiger partial charge in [-0.15, -0.1) is 0 Å². The first-order valence-electron chi connectivity index (χ1n) is 5.96. The van der Waals surface area contributed by atoms with Gasteiger partial charge >= 0.3 is 5.69 Å². The molecule has 0 radical (unpaired) electrons. The van der Waals surface area contributed by atoms with Gasteiger partial charge in [0.05, 0.1) is 11.0 Å². The maximum atomic E-state index is 10.9. The third kappa shape index (κ3) is 2.17. The molecule has 6 heteroatoms. The molecule has 1 aliphatic carbocycles. The smallest absolute Gasteiger partial charge is 0.312 e. The normalized spacial score (nSPS) is 24.9. The molecule has 0 saturated heterocycles. The summed E-state index contributed by atoms with van der Waals surface area (Å²) in [5, 5.41) is 15.2. The summed E-state index contributed by atoms with van der Waals surface area (Å²) in [6, 6.07) is 0.542. The van der Waals surface area contributed by atoms with Crippen molar-refractivity contribution in [2.24, 2.45) is 5.73 Å². The van der Waals surface area contributed by atoms with Crippen LogP contribution in [0.2, 0.25) is 0 Å². The summed E-state index contributed by atoms with van der Waals surface area (Å²) in [5.41, 5.74) is 7.17. The number of nitrogens with zero attached hydrogens (tertiary/aromatic N) is 3. The van der Waals surface area contributed by atoms with Crippen molar-refractivity contribution in [2.75, 3.05) is 0 Å². The van der Waals surface area contributed by atoms with Crippen LogP contribution in [-0.2, 0) is 0 Å². The second-order valence-electron chi connectivity index (χ2n) is 4.79. The molecule has 0 amide bonds. The van der Waals surface area contributed by atoms with Gasteiger partial charge in [0.2, 0.25) is 0 Å². The lowest BCUT2D eigenvalue weighted by Gasteiger charge is -2.26. The third-order valence-corrected chi connectivity index (χ3v) is 3.56. The lowest BCUT2D eigenvalue weighted by Crippen LogP contribution is -2.28. The van der Waals surface area contributed by atoms with E-state index >= 15 is 0 Å². The molecule has 2 rings (SSSR count). The fraction of sp³-hybridized carbons (Fsp3) is 0.727. The summed E-state index contributed by atoms with van der Waals surface area (Å²) in [7, 11) is 0. The molecule has 0 spiro atoms. The summed E-state index contributed by atoms with van der Waals surface area (Å²) in [6.45, 7) is 3.46. The average Bonchev–Trinajstić information content (AvgIpc) is 2.55. The van der Waals surface area contributed by atoms with E-state index in [-0.39, 0.29) is 22.7 Å². The summed E-state index contributed by atoms with van der Waals surface area (Å²) in [4.78, 5) is 10.6. The van der Waals surface area contributed by atoms with Crippen LogP contribution in [0.5, 0.6) is 0 Å². The number of nitro groups is 1. The Kier molecular flexibility index (Phi) is 3.15. The molecule has 1 aliphatic rings. The highest BCUT2D eigenvalue weighted by Gasteiger charge is 2.27. The van der Waals surface area contributed by atoms with E-state index in [2.05, 4.69) is 5.10 Å². The Bertz CT molecular complexity index is 433. The number of aromatic nitrogens is 2. The fourth-order valence-corrected chi connectivity index (χ4v) is 2.62. The highest BCUT2D eigenvalue weighted by atomic mass is 16.6. The predicted octanol–water partition coefficient (Wildman–Crippen LogP) is 1.85. The van der Waals surface area contributed by atoms with Gasteiger partial charge in [-0.25, -0.2) is 0 Å². The minimum Gasteiger partial charge on any atom is -0.328 e. The number of nitrogens with two attached hydrogens (primary N) is 1. The molecule has 0 unspecified atom stereocenters. The minimum absolute atomic E-state index is 0.153. The second kappa shape index (κ2) is 4.44. The Hall–Kier alpha value is -1.43. The molecule has 17 heavy (non-hydrogen) atoms. The van der Waals surface area contributed by atoms with Crippen molar-refractivity contribution in [1.82, 2.24) is 9.78 Å². The lowest BCUT2D eigenvalue weighted by atomic mass is 9.92. The van der Waals surface area contributed by atoms with Gasteiger partial charge in [-0.1, -0.05) is 0 Å². The van der Waals surface area contributed by atoms with E-state index in [1.54, 1.807) is 13.8 Å². The average molecular weight is 238 g/mol. The van der Waals surface area contributed by atoms with Gasteiger partial charge in [-0.2, -0.15) is 5.10 Å². The Balaban J connectivity index is 2.28. The SMILES string of the molecule is Cc1nn(C2CCC(N)CC2)c(C)c1[N+](=O)[O-]. The van der Waals surface area contributed by atoms with E-state index in [9.17, 15) is 10.1 Å². The van der Waals surface area contributed by atoms with E-state index in [4.69, 9.17) is 5.73 Å². The molecule has 1 aromatic heterocycles. The number of hydrogen-bond donors (Lipinski definition) is 1. The van der Waals surface area contributed by atoms with Gasteiger partial charge in [0, 0.05) is 6.04 Å². The molecular weight excluding hydrogens is 220 g/mol. The van der Waals surface area contributed by atoms with Crippen molar-refractivity contribution in [3.8, 4) is 0 Å². The van der Waals surface area contributed by atoms with E-state index < -0.39 is 0 Å². The molecule has 2 N–H and O–H groups in total. The molecule has 1 aromatic rings. The van der Waals surface area contributed by atoms with Crippen molar-refractivity contribution in [3.63, 3.8) is 0 Å². The Morgan fingerprint density at radius 3 is 2.41 bits per heavy atom. The summed E-state index contributed by atoms with van der Waals surface area (Å²) in [6.07, 6.45) is 3.86. The number of aryl methyl sites for hydroxylation is 1. The predicted molar refractivity (Wildman–Crippen MR) is 63.8 cm³/mol. The lowest BCUT2D eigenvalue weighted by molar-refractivity contribution is -0.386. The van der Waals surface area contributed by atoms with Crippen molar-refractivity contribution < 1.29 is 4.92 Å². The summed E-state index contributed by atoms with van der Waals surface area (Å²) >= 11 is 0.